The first-order valence-corrected chi connectivity index (χ1v) is 10.7. The Morgan fingerprint density at radius 3 is 2.76 bits per heavy atom. The normalized spacial score (nSPS) is 13.1. The molecule has 0 unspecified atom stereocenters. The molecule has 2 aromatic carbocycles. The number of anilines is 2. The number of benzene rings is 2. The van der Waals surface area contributed by atoms with Gasteiger partial charge in [0.2, 0.25) is 0 Å². The van der Waals surface area contributed by atoms with E-state index in [1.165, 1.54) is 28.6 Å². The van der Waals surface area contributed by atoms with Crippen molar-refractivity contribution in [3.63, 3.8) is 0 Å². The van der Waals surface area contributed by atoms with Gasteiger partial charge in [0.05, 0.1) is 6.61 Å². The molecule has 0 radical (unpaired) electrons. The van der Waals surface area contributed by atoms with E-state index in [0.29, 0.717) is 13.2 Å². The topological polar surface area (TPSA) is 41.6 Å². The van der Waals surface area contributed by atoms with E-state index in [-0.39, 0.29) is 5.97 Å². The lowest BCUT2D eigenvalue weighted by molar-refractivity contribution is -0.137. The van der Waals surface area contributed by atoms with Crippen molar-refractivity contribution in [2.75, 3.05) is 31.1 Å². The van der Waals surface area contributed by atoms with Gasteiger partial charge in [0.15, 0.2) is 0 Å². The number of fused-ring (bicyclic) bond motifs is 2. The Balaban J connectivity index is 1.55. The molecule has 0 amide bonds. The molecule has 0 spiro atoms. The number of ether oxygens (including phenoxy) is 1. The molecule has 0 fully saturated rings. The summed E-state index contributed by atoms with van der Waals surface area (Å²) in [6.45, 7) is 4.74. The van der Waals surface area contributed by atoms with Crippen molar-refractivity contribution < 1.29 is 9.53 Å². The van der Waals surface area contributed by atoms with Gasteiger partial charge in [0.25, 0.3) is 0 Å². The number of esters is 1. The molecule has 154 valence electrons. The third-order valence-corrected chi connectivity index (χ3v) is 5.31. The average Bonchev–Trinajstić information content (AvgIpc) is 2.87. The summed E-state index contributed by atoms with van der Waals surface area (Å²) >= 11 is 6.32. The van der Waals surface area contributed by atoms with Crippen LogP contribution in [0.2, 0.25) is 5.02 Å². The van der Waals surface area contributed by atoms with Gasteiger partial charge in [-0.2, -0.15) is 0 Å². The molecule has 0 aromatic heterocycles. The van der Waals surface area contributed by atoms with E-state index < -0.39 is 0 Å². The van der Waals surface area contributed by atoms with Crippen LogP contribution in [0.4, 0.5) is 11.4 Å². The highest BCUT2D eigenvalue weighted by Gasteiger charge is 2.20. The van der Waals surface area contributed by atoms with E-state index in [4.69, 9.17) is 16.3 Å². The summed E-state index contributed by atoms with van der Waals surface area (Å²) in [5.74, 6) is -0.286. The van der Waals surface area contributed by atoms with Gasteiger partial charge in [-0.1, -0.05) is 41.9 Å². The molecule has 0 saturated heterocycles. The summed E-state index contributed by atoms with van der Waals surface area (Å²) in [5, 5.41) is 4.13. The summed E-state index contributed by atoms with van der Waals surface area (Å²) in [5.41, 5.74) is 5.27. The summed E-state index contributed by atoms with van der Waals surface area (Å²) in [6.07, 6.45) is 7.49. The van der Waals surface area contributed by atoms with Crippen molar-refractivity contribution in [2.45, 2.75) is 32.6 Å². The van der Waals surface area contributed by atoms with E-state index in [0.717, 1.165) is 43.8 Å². The van der Waals surface area contributed by atoms with Crippen LogP contribution >= 0.6 is 11.6 Å². The summed E-state index contributed by atoms with van der Waals surface area (Å²) in [7, 11) is 0. The molecule has 1 N–H and O–H groups in total. The summed E-state index contributed by atoms with van der Waals surface area (Å²) in [6, 6.07) is 14.9. The largest absolute Gasteiger partial charge is 0.463 e. The number of hydrogen-bond donors (Lipinski definition) is 1. The quantitative estimate of drug-likeness (QED) is 0.355. The molecule has 4 nitrogen and oxygen atoms in total. The molecule has 29 heavy (non-hydrogen) atoms. The molecule has 3 rings (SSSR count). The van der Waals surface area contributed by atoms with Crippen LogP contribution in [-0.2, 0) is 22.4 Å². The zero-order valence-electron chi connectivity index (χ0n) is 17.0. The standard InChI is InChI=1S/C24H29ClN2O2/c1-2-29-24(28)10-7-16-26-15-5-6-17-27-22-9-4-3-8-19(22)11-12-20-13-14-21(25)18-23(20)27/h3-4,7-10,13-14,18,26H,2,5-6,11-12,15-17H2,1H3/b10-7+. The molecule has 1 heterocycles. The minimum absolute atomic E-state index is 0.286. The number of carbonyl (C=O) groups is 1. The van der Waals surface area contributed by atoms with Crippen LogP contribution in [0, 0.1) is 0 Å². The zero-order chi connectivity index (χ0) is 20.5. The number of halogens is 1. The number of hydrogen-bond acceptors (Lipinski definition) is 4. The fraction of sp³-hybridized carbons (Fsp3) is 0.375. The summed E-state index contributed by atoms with van der Waals surface area (Å²) < 4.78 is 4.86. The highest BCUT2D eigenvalue weighted by atomic mass is 35.5. The maximum atomic E-state index is 11.3. The third kappa shape index (κ3) is 6.09. The fourth-order valence-electron chi connectivity index (χ4n) is 3.68. The first kappa shape index (κ1) is 21.4. The lowest BCUT2D eigenvalue weighted by Gasteiger charge is -2.27. The van der Waals surface area contributed by atoms with Crippen LogP contribution in [0.3, 0.4) is 0 Å². The Hall–Kier alpha value is -2.30. The maximum absolute atomic E-state index is 11.3. The second kappa shape index (κ2) is 11.0. The second-order valence-corrected chi connectivity index (χ2v) is 7.56. The number of rotatable bonds is 9. The molecule has 1 aliphatic heterocycles. The molecular weight excluding hydrogens is 384 g/mol. The van der Waals surface area contributed by atoms with Gasteiger partial charge in [-0.15, -0.1) is 0 Å². The van der Waals surface area contributed by atoms with Gasteiger partial charge in [-0.3, -0.25) is 0 Å². The molecule has 5 heteroatoms. The van der Waals surface area contributed by atoms with E-state index in [1.807, 2.05) is 6.07 Å². The predicted molar refractivity (Wildman–Crippen MR) is 120 cm³/mol. The molecule has 0 bridgehead atoms. The smallest absolute Gasteiger partial charge is 0.330 e. The Morgan fingerprint density at radius 2 is 1.93 bits per heavy atom. The van der Waals surface area contributed by atoms with Crippen molar-refractivity contribution in [3.05, 3.63) is 70.8 Å². The van der Waals surface area contributed by atoms with Crippen LogP contribution in [0.25, 0.3) is 0 Å². The molecule has 1 aliphatic rings. The van der Waals surface area contributed by atoms with E-state index in [9.17, 15) is 4.79 Å². The van der Waals surface area contributed by atoms with Crippen molar-refractivity contribution in [1.29, 1.82) is 0 Å². The SMILES string of the molecule is CCOC(=O)/C=C/CNCCCCN1c2ccccc2CCc2ccc(Cl)cc21. The van der Waals surface area contributed by atoms with Crippen LogP contribution < -0.4 is 10.2 Å². The van der Waals surface area contributed by atoms with Gasteiger partial charge >= 0.3 is 5.97 Å². The molecule has 0 aliphatic carbocycles. The van der Waals surface area contributed by atoms with Crippen molar-refractivity contribution in [3.8, 4) is 0 Å². The average molecular weight is 413 g/mol. The van der Waals surface area contributed by atoms with Crippen LogP contribution in [-0.4, -0.2) is 32.2 Å². The van der Waals surface area contributed by atoms with Crippen LogP contribution in [0.5, 0.6) is 0 Å². The lowest BCUT2D eigenvalue weighted by atomic mass is 10.0. The minimum atomic E-state index is -0.286. The second-order valence-electron chi connectivity index (χ2n) is 7.12. The Morgan fingerprint density at radius 1 is 1.14 bits per heavy atom. The first-order chi connectivity index (χ1) is 14.2. The lowest BCUT2D eigenvalue weighted by Crippen LogP contribution is -2.22. The van der Waals surface area contributed by atoms with Crippen LogP contribution in [0.1, 0.15) is 30.9 Å². The van der Waals surface area contributed by atoms with Gasteiger partial charge < -0.3 is 15.0 Å². The summed E-state index contributed by atoms with van der Waals surface area (Å²) in [4.78, 5) is 13.7. The molecule has 0 saturated carbocycles. The Bertz CT molecular complexity index is 851. The monoisotopic (exact) mass is 412 g/mol. The van der Waals surface area contributed by atoms with E-state index in [1.54, 1.807) is 13.0 Å². The predicted octanol–water partition coefficient (Wildman–Crippen LogP) is 5.07. The Kier molecular flexibility index (Phi) is 8.14. The molecular formula is C24H29ClN2O2. The number of unbranched alkanes of at least 4 members (excludes halogenated alkanes) is 1. The third-order valence-electron chi connectivity index (χ3n) is 5.07. The van der Waals surface area contributed by atoms with Gasteiger partial charge in [-0.25, -0.2) is 4.79 Å². The van der Waals surface area contributed by atoms with Crippen molar-refractivity contribution in [2.24, 2.45) is 0 Å². The van der Waals surface area contributed by atoms with Crippen LogP contribution in [0.15, 0.2) is 54.6 Å². The maximum Gasteiger partial charge on any atom is 0.330 e. The van der Waals surface area contributed by atoms with Gasteiger partial charge in [0, 0.05) is 35.6 Å². The van der Waals surface area contributed by atoms with Gasteiger partial charge in [0.1, 0.15) is 0 Å². The molecule has 2 aromatic rings. The minimum Gasteiger partial charge on any atom is -0.463 e. The number of aryl methyl sites for hydroxylation is 2. The van der Waals surface area contributed by atoms with Gasteiger partial charge in [-0.05, 0) is 68.5 Å². The fourth-order valence-corrected chi connectivity index (χ4v) is 3.84. The number of para-hydroxylation sites is 1. The van der Waals surface area contributed by atoms with E-state index >= 15 is 0 Å². The first-order valence-electron chi connectivity index (χ1n) is 10.4. The van der Waals surface area contributed by atoms with Crippen molar-refractivity contribution >= 4 is 28.9 Å². The highest BCUT2D eigenvalue weighted by molar-refractivity contribution is 6.30. The number of carbonyl (C=O) groups excluding carboxylic acids is 1. The Labute approximate surface area is 178 Å². The molecule has 0 atom stereocenters. The number of nitrogens with zero attached hydrogens (tertiary/aromatic N) is 1. The van der Waals surface area contributed by atoms with E-state index in [2.05, 4.69) is 46.6 Å². The number of nitrogens with one attached hydrogen (secondary N) is 1. The zero-order valence-corrected chi connectivity index (χ0v) is 17.8. The highest BCUT2D eigenvalue weighted by Crippen LogP contribution is 2.37. The van der Waals surface area contributed by atoms with Crippen molar-refractivity contribution in [1.82, 2.24) is 5.32 Å².